The maximum absolute atomic E-state index is 5.71. The normalized spacial score (nSPS) is 10.1. The van der Waals surface area contributed by atoms with Gasteiger partial charge in [-0.05, 0) is 30.2 Å². The van der Waals surface area contributed by atoms with Crippen molar-refractivity contribution in [2.45, 2.75) is 13.5 Å². The molecule has 0 saturated carbocycles. The molecule has 0 aliphatic rings. The van der Waals surface area contributed by atoms with Crippen molar-refractivity contribution in [3.63, 3.8) is 0 Å². The summed E-state index contributed by atoms with van der Waals surface area (Å²) in [5.41, 5.74) is 3.24. The van der Waals surface area contributed by atoms with Gasteiger partial charge in [-0.3, -0.25) is 4.98 Å². The van der Waals surface area contributed by atoms with Crippen LogP contribution >= 0.6 is 11.6 Å². The van der Waals surface area contributed by atoms with Gasteiger partial charge >= 0.3 is 0 Å². The monoisotopic (exact) mass is 233 g/mol. The van der Waals surface area contributed by atoms with E-state index in [-0.39, 0.29) is 0 Å². The van der Waals surface area contributed by atoms with Crippen LogP contribution in [0.4, 0.5) is 5.69 Å². The van der Waals surface area contributed by atoms with Gasteiger partial charge in [0.2, 0.25) is 0 Å². The molecule has 0 saturated heterocycles. The lowest BCUT2D eigenvalue weighted by atomic mass is 10.2. The van der Waals surface area contributed by atoms with Crippen molar-refractivity contribution in [1.82, 2.24) is 9.97 Å². The molecular weight excluding hydrogens is 222 g/mol. The Hall–Kier alpha value is -1.61. The highest BCUT2D eigenvalue weighted by Gasteiger charge is 1.96. The van der Waals surface area contributed by atoms with E-state index in [1.54, 1.807) is 18.5 Å². The Morgan fingerprint density at radius 3 is 2.81 bits per heavy atom. The summed E-state index contributed by atoms with van der Waals surface area (Å²) in [5.74, 6) is 0. The topological polar surface area (TPSA) is 37.8 Å². The fraction of sp³-hybridized carbons (Fsp3) is 0.167. The minimum Gasteiger partial charge on any atom is -0.380 e. The Morgan fingerprint density at radius 1 is 1.25 bits per heavy atom. The van der Waals surface area contributed by atoms with Crippen LogP contribution in [-0.4, -0.2) is 9.97 Å². The first-order valence-corrected chi connectivity index (χ1v) is 5.38. The zero-order valence-corrected chi connectivity index (χ0v) is 9.70. The fourth-order valence-electron chi connectivity index (χ4n) is 1.37. The van der Waals surface area contributed by atoms with Gasteiger partial charge in [0.15, 0.2) is 0 Å². The van der Waals surface area contributed by atoms with Gasteiger partial charge in [0.1, 0.15) is 5.15 Å². The second-order valence-electron chi connectivity index (χ2n) is 3.59. The maximum atomic E-state index is 5.71. The van der Waals surface area contributed by atoms with E-state index in [2.05, 4.69) is 21.4 Å². The summed E-state index contributed by atoms with van der Waals surface area (Å²) >= 11 is 5.71. The standard InChI is InChI=1S/C12H12ClN3/c1-9-4-11(8-14-5-9)15-6-10-2-3-12(13)16-7-10/h2-5,7-8,15H,6H2,1H3. The average molecular weight is 234 g/mol. The zero-order valence-electron chi connectivity index (χ0n) is 8.94. The highest BCUT2D eigenvalue weighted by molar-refractivity contribution is 6.29. The van der Waals surface area contributed by atoms with Crippen molar-refractivity contribution in [2.75, 3.05) is 5.32 Å². The number of pyridine rings is 2. The third-order valence-electron chi connectivity index (χ3n) is 2.16. The van der Waals surface area contributed by atoms with E-state index >= 15 is 0 Å². The van der Waals surface area contributed by atoms with E-state index in [0.29, 0.717) is 5.15 Å². The quantitative estimate of drug-likeness (QED) is 0.828. The van der Waals surface area contributed by atoms with E-state index in [4.69, 9.17) is 11.6 Å². The molecule has 2 heterocycles. The number of nitrogens with zero attached hydrogens (tertiary/aromatic N) is 2. The second kappa shape index (κ2) is 4.94. The molecule has 0 bridgehead atoms. The first-order chi connectivity index (χ1) is 7.74. The van der Waals surface area contributed by atoms with E-state index in [9.17, 15) is 0 Å². The van der Waals surface area contributed by atoms with Crippen LogP contribution in [0.1, 0.15) is 11.1 Å². The van der Waals surface area contributed by atoms with Crippen molar-refractivity contribution in [1.29, 1.82) is 0 Å². The number of anilines is 1. The van der Waals surface area contributed by atoms with Crippen molar-refractivity contribution in [3.05, 3.63) is 53.1 Å². The molecular formula is C12H12ClN3. The van der Waals surface area contributed by atoms with Crippen LogP contribution in [0.5, 0.6) is 0 Å². The summed E-state index contributed by atoms with van der Waals surface area (Å²) in [5, 5.41) is 3.79. The summed E-state index contributed by atoms with van der Waals surface area (Å²) in [6, 6.07) is 5.79. The van der Waals surface area contributed by atoms with Gasteiger partial charge in [0.25, 0.3) is 0 Å². The molecule has 0 aliphatic carbocycles. The van der Waals surface area contributed by atoms with E-state index in [1.807, 2.05) is 19.2 Å². The minimum atomic E-state index is 0.515. The van der Waals surface area contributed by atoms with Gasteiger partial charge in [-0.15, -0.1) is 0 Å². The molecule has 2 rings (SSSR count). The molecule has 4 heteroatoms. The molecule has 0 amide bonds. The highest BCUT2D eigenvalue weighted by atomic mass is 35.5. The van der Waals surface area contributed by atoms with Crippen molar-refractivity contribution in [2.24, 2.45) is 0 Å². The Morgan fingerprint density at radius 2 is 2.12 bits per heavy atom. The van der Waals surface area contributed by atoms with E-state index in [0.717, 1.165) is 23.4 Å². The average Bonchev–Trinajstić information content (AvgIpc) is 2.28. The van der Waals surface area contributed by atoms with Gasteiger partial charge in [-0.1, -0.05) is 17.7 Å². The number of aromatic nitrogens is 2. The van der Waals surface area contributed by atoms with E-state index in [1.165, 1.54) is 0 Å². The van der Waals surface area contributed by atoms with Gasteiger partial charge in [0, 0.05) is 25.1 Å². The lowest BCUT2D eigenvalue weighted by molar-refractivity contribution is 1.10. The van der Waals surface area contributed by atoms with E-state index < -0.39 is 0 Å². The minimum absolute atomic E-state index is 0.515. The molecule has 0 fully saturated rings. The summed E-state index contributed by atoms with van der Waals surface area (Å²) in [7, 11) is 0. The predicted octanol–water partition coefficient (Wildman–Crippen LogP) is 3.05. The van der Waals surface area contributed by atoms with Crippen LogP contribution in [0.2, 0.25) is 5.15 Å². The molecule has 0 unspecified atom stereocenters. The van der Waals surface area contributed by atoms with Gasteiger partial charge in [0.05, 0.1) is 5.69 Å². The summed E-state index contributed by atoms with van der Waals surface area (Å²) in [6.45, 7) is 2.73. The smallest absolute Gasteiger partial charge is 0.129 e. The van der Waals surface area contributed by atoms with Gasteiger partial charge in [-0.25, -0.2) is 4.98 Å². The molecule has 1 N–H and O–H groups in total. The molecule has 2 aromatic heterocycles. The van der Waals surface area contributed by atoms with Crippen LogP contribution < -0.4 is 5.32 Å². The van der Waals surface area contributed by atoms with Crippen LogP contribution in [0.3, 0.4) is 0 Å². The number of hydrogen-bond donors (Lipinski definition) is 1. The first kappa shape index (κ1) is 10.9. The fourth-order valence-corrected chi connectivity index (χ4v) is 1.48. The van der Waals surface area contributed by atoms with Crippen LogP contribution in [-0.2, 0) is 6.54 Å². The Labute approximate surface area is 99.5 Å². The zero-order chi connectivity index (χ0) is 11.4. The van der Waals surface area contributed by atoms with Crippen LogP contribution in [0.15, 0.2) is 36.8 Å². The number of hydrogen-bond acceptors (Lipinski definition) is 3. The Bertz CT molecular complexity index is 468. The molecule has 3 nitrogen and oxygen atoms in total. The molecule has 0 aromatic carbocycles. The van der Waals surface area contributed by atoms with Crippen molar-refractivity contribution >= 4 is 17.3 Å². The highest BCUT2D eigenvalue weighted by Crippen LogP contribution is 2.10. The predicted molar refractivity (Wildman–Crippen MR) is 65.5 cm³/mol. The van der Waals surface area contributed by atoms with Crippen LogP contribution in [0.25, 0.3) is 0 Å². The molecule has 2 aromatic rings. The molecule has 0 radical (unpaired) electrons. The summed E-state index contributed by atoms with van der Waals surface area (Å²) in [4.78, 5) is 8.13. The number of aryl methyl sites for hydroxylation is 1. The SMILES string of the molecule is Cc1cncc(NCc2ccc(Cl)nc2)c1. The lowest BCUT2D eigenvalue weighted by Crippen LogP contribution is -2.00. The number of nitrogens with one attached hydrogen (secondary N) is 1. The molecule has 0 spiro atoms. The van der Waals surface area contributed by atoms with Crippen molar-refractivity contribution in [3.8, 4) is 0 Å². The third-order valence-corrected chi connectivity index (χ3v) is 2.38. The number of halogens is 1. The van der Waals surface area contributed by atoms with Gasteiger partial charge in [-0.2, -0.15) is 0 Å². The Kier molecular flexibility index (Phi) is 3.37. The molecule has 16 heavy (non-hydrogen) atoms. The first-order valence-electron chi connectivity index (χ1n) is 5.00. The molecule has 82 valence electrons. The molecule has 0 atom stereocenters. The largest absolute Gasteiger partial charge is 0.380 e. The third kappa shape index (κ3) is 2.94. The second-order valence-corrected chi connectivity index (χ2v) is 3.98. The lowest BCUT2D eigenvalue weighted by Gasteiger charge is -2.06. The maximum Gasteiger partial charge on any atom is 0.129 e. The summed E-state index contributed by atoms with van der Waals surface area (Å²) < 4.78 is 0. The van der Waals surface area contributed by atoms with Crippen molar-refractivity contribution < 1.29 is 0 Å². The number of rotatable bonds is 3. The summed E-state index contributed by atoms with van der Waals surface area (Å²) in [6.07, 6.45) is 5.39. The Balaban J connectivity index is 1.99. The molecule has 0 aliphatic heterocycles. The van der Waals surface area contributed by atoms with Crippen LogP contribution in [0, 0.1) is 6.92 Å². The van der Waals surface area contributed by atoms with Gasteiger partial charge < -0.3 is 5.32 Å².